The summed E-state index contributed by atoms with van der Waals surface area (Å²) in [6, 6.07) is 0.167. The number of β-amino-alcohol motifs (C(OH)–C–C–N with tert-alkyl or cyclic N) is 1. The third-order valence-corrected chi connectivity index (χ3v) is 2.72. The van der Waals surface area contributed by atoms with Crippen LogP contribution in [0.15, 0.2) is 0 Å². The molecule has 0 aromatic rings. The number of aliphatic hydroxyl groups excluding tert-OH is 2. The minimum absolute atomic E-state index is 0.153. The standard InChI is InChI=1S/C5H10INO2/c6-7-2-5(9)1-4(7)3-8/h4-5,8-9H,1-3H2/t4-,5+/m0/s1. The topological polar surface area (TPSA) is 43.7 Å². The highest BCUT2D eigenvalue weighted by Gasteiger charge is 2.28. The van der Waals surface area contributed by atoms with Crippen LogP contribution in [0.5, 0.6) is 0 Å². The zero-order valence-electron chi connectivity index (χ0n) is 5.00. The summed E-state index contributed by atoms with van der Waals surface area (Å²) in [5, 5.41) is 17.7. The Labute approximate surface area is 68.2 Å². The summed E-state index contributed by atoms with van der Waals surface area (Å²) < 4.78 is 1.95. The quantitative estimate of drug-likeness (QED) is 0.493. The van der Waals surface area contributed by atoms with Crippen molar-refractivity contribution in [3.63, 3.8) is 0 Å². The van der Waals surface area contributed by atoms with Gasteiger partial charge in [-0.25, -0.2) is 3.11 Å². The van der Waals surface area contributed by atoms with Crippen molar-refractivity contribution in [2.24, 2.45) is 0 Å². The second kappa shape index (κ2) is 3.14. The first-order chi connectivity index (χ1) is 4.24. The van der Waals surface area contributed by atoms with Gasteiger partial charge in [0.1, 0.15) is 0 Å². The Morgan fingerprint density at radius 3 is 2.56 bits per heavy atom. The van der Waals surface area contributed by atoms with Crippen molar-refractivity contribution in [2.45, 2.75) is 18.6 Å². The fourth-order valence-electron chi connectivity index (χ4n) is 1.02. The van der Waals surface area contributed by atoms with Crippen molar-refractivity contribution < 1.29 is 10.2 Å². The highest BCUT2D eigenvalue weighted by Crippen LogP contribution is 2.20. The normalized spacial score (nSPS) is 37.7. The van der Waals surface area contributed by atoms with Gasteiger partial charge >= 0.3 is 0 Å². The lowest BCUT2D eigenvalue weighted by molar-refractivity contribution is 0.184. The molecule has 1 fully saturated rings. The molecular weight excluding hydrogens is 233 g/mol. The van der Waals surface area contributed by atoms with Gasteiger partial charge in [0.15, 0.2) is 0 Å². The van der Waals surface area contributed by atoms with E-state index in [-0.39, 0.29) is 18.8 Å². The summed E-state index contributed by atoms with van der Waals surface area (Å²) in [7, 11) is 0. The van der Waals surface area contributed by atoms with Gasteiger partial charge < -0.3 is 10.2 Å². The molecule has 1 heterocycles. The van der Waals surface area contributed by atoms with E-state index in [0.29, 0.717) is 13.0 Å². The van der Waals surface area contributed by atoms with Gasteiger partial charge in [-0.1, -0.05) is 0 Å². The Kier molecular flexibility index (Phi) is 2.69. The Hall–Kier alpha value is 0.610. The number of hydrogen-bond acceptors (Lipinski definition) is 3. The fourth-order valence-corrected chi connectivity index (χ4v) is 1.87. The van der Waals surface area contributed by atoms with E-state index in [4.69, 9.17) is 10.2 Å². The first kappa shape index (κ1) is 7.71. The average Bonchev–Trinajstić information content (AvgIpc) is 2.10. The molecule has 0 radical (unpaired) electrons. The van der Waals surface area contributed by atoms with Gasteiger partial charge in [-0.15, -0.1) is 0 Å². The predicted octanol–water partition coefficient (Wildman–Crippen LogP) is -0.236. The molecule has 0 bridgehead atoms. The molecule has 0 aromatic carbocycles. The van der Waals surface area contributed by atoms with Crippen LogP contribution in [0.2, 0.25) is 0 Å². The molecule has 0 spiro atoms. The summed E-state index contributed by atoms with van der Waals surface area (Å²) in [5.41, 5.74) is 0. The first-order valence-electron chi connectivity index (χ1n) is 2.95. The van der Waals surface area contributed by atoms with E-state index < -0.39 is 0 Å². The number of aliphatic hydroxyl groups is 2. The van der Waals surface area contributed by atoms with E-state index in [1.165, 1.54) is 0 Å². The van der Waals surface area contributed by atoms with Crippen molar-refractivity contribution in [3.05, 3.63) is 0 Å². The van der Waals surface area contributed by atoms with Crippen molar-refractivity contribution >= 4 is 22.9 Å². The lowest BCUT2D eigenvalue weighted by atomic mass is 10.2. The van der Waals surface area contributed by atoms with Crippen LogP contribution in [0, 0.1) is 0 Å². The van der Waals surface area contributed by atoms with E-state index in [1.807, 2.05) is 3.11 Å². The Balaban J connectivity index is 2.38. The van der Waals surface area contributed by atoms with Crippen LogP contribution in [0.25, 0.3) is 0 Å². The second-order valence-electron chi connectivity index (χ2n) is 2.31. The molecule has 1 aliphatic rings. The second-order valence-corrected chi connectivity index (χ2v) is 3.55. The maximum atomic E-state index is 9.04. The predicted molar refractivity (Wildman–Crippen MR) is 42.2 cm³/mol. The zero-order chi connectivity index (χ0) is 6.85. The van der Waals surface area contributed by atoms with Crippen molar-refractivity contribution in [2.75, 3.05) is 13.2 Å². The first-order valence-corrected chi connectivity index (χ1v) is 3.92. The molecule has 0 aliphatic carbocycles. The average molecular weight is 243 g/mol. The van der Waals surface area contributed by atoms with Crippen molar-refractivity contribution in [1.29, 1.82) is 0 Å². The largest absolute Gasteiger partial charge is 0.395 e. The molecule has 1 aliphatic heterocycles. The number of hydrogen-bond donors (Lipinski definition) is 2. The number of rotatable bonds is 1. The minimum Gasteiger partial charge on any atom is -0.395 e. The fraction of sp³-hybridized carbons (Fsp3) is 1.00. The Bertz CT molecular complexity index is 101. The molecule has 0 saturated carbocycles. The van der Waals surface area contributed by atoms with Crippen LogP contribution < -0.4 is 0 Å². The third kappa shape index (κ3) is 1.76. The molecule has 3 nitrogen and oxygen atoms in total. The van der Waals surface area contributed by atoms with E-state index in [0.717, 1.165) is 0 Å². The van der Waals surface area contributed by atoms with E-state index in [1.54, 1.807) is 0 Å². The van der Waals surface area contributed by atoms with Crippen LogP contribution in [0.1, 0.15) is 6.42 Å². The van der Waals surface area contributed by atoms with E-state index >= 15 is 0 Å². The molecule has 0 amide bonds. The number of nitrogens with zero attached hydrogens (tertiary/aromatic N) is 1. The maximum absolute atomic E-state index is 9.04. The molecule has 1 saturated heterocycles. The van der Waals surface area contributed by atoms with Gasteiger partial charge in [-0.2, -0.15) is 0 Å². The molecule has 54 valence electrons. The zero-order valence-corrected chi connectivity index (χ0v) is 7.15. The Morgan fingerprint density at radius 1 is 1.67 bits per heavy atom. The van der Waals surface area contributed by atoms with Crippen LogP contribution in [-0.2, 0) is 0 Å². The van der Waals surface area contributed by atoms with Gasteiger partial charge in [0.25, 0.3) is 0 Å². The highest BCUT2D eigenvalue weighted by molar-refractivity contribution is 14.1. The molecule has 2 atom stereocenters. The summed E-state index contributed by atoms with van der Waals surface area (Å²) in [4.78, 5) is 0. The maximum Gasteiger partial charge on any atom is 0.0691 e. The summed E-state index contributed by atoms with van der Waals surface area (Å²) in [5.74, 6) is 0. The molecular formula is C5H10INO2. The lowest BCUT2D eigenvalue weighted by Gasteiger charge is -2.12. The lowest BCUT2D eigenvalue weighted by Crippen LogP contribution is -2.22. The minimum atomic E-state index is -0.237. The van der Waals surface area contributed by atoms with Gasteiger partial charge in [-0.05, 0) is 6.42 Å². The molecule has 2 N–H and O–H groups in total. The van der Waals surface area contributed by atoms with Gasteiger partial charge in [-0.3, -0.25) is 0 Å². The molecule has 9 heavy (non-hydrogen) atoms. The van der Waals surface area contributed by atoms with Gasteiger partial charge in [0.05, 0.1) is 12.7 Å². The SMILES string of the molecule is OC[C@@H]1C[C@@H](O)CN1I. The smallest absolute Gasteiger partial charge is 0.0691 e. The van der Waals surface area contributed by atoms with Crippen LogP contribution in [0.4, 0.5) is 0 Å². The molecule has 0 unspecified atom stereocenters. The number of halogens is 1. The van der Waals surface area contributed by atoms with Gasteiger partial charge in [0.2, 0.25) is 0 Å². The highest BCUT2D eigenvalue weighted by atomic mass is 127. The molecule has 0 aromatic heterocycles. The van der Waals surface area contributed by atoms with E-state index in [2.05, 4.69) is 22.9 Å². The molecule has 4 heteroatoms. The van der Waals surface area contributed by atoms with Crippen molar-refractivity contribution in [3.8, 4) is 0 Å². The third-order valence-electron chi connectivity index (χ3n) is 1.54. The Morgan fingerprint density at radius 2 is 2.33 bits per heavy atom. The van der Waals surface area contributed by atoms with Gasteiger partial charge in [0, 0.05) is 35.5 Å². The van der Waals surface area contributed by atoms with Crippen LogP contribution in [0.3, 0.4) is 0 Å². The van der Waals surface area contributed by atoms with Crippen LogP contribution in [-0.4, -0.2) is 38.6 Å². The van der Waals surface area contributed by atoms with Crippen LogP contribution >= 0.6 is 22.9 Å². The molecule has 1 rings (SSSR count). The summed E-state index contributed by atoms with van der Waals surface area (Å²) in [6.07, 6.45) is 0.471. The summed E-state index contributed by atoms with van der Waals surface area (Å²) in [6.45, 7) is 0.839. The van der Waals surface area contributed by atoms with E-state index in [9.17, 15) is 0 Å². The van der Waals surface area contributed by atoms with Crippen molar-refractivity contribution in [1.82, 2.24) is 3.11 Å². The monoisotopic (exact) mass is 243 g/mol. The summed E-state index contributed by atoms with van der Waals surface area (Å²) >= 11 is 2.12.